The topological polar surface area (TPSA) is 44.1 Å². The van der Waals surface area contributed by atoms with Crippen LogP contribution in [-0.4, -0.2) is 23.4 Å². The Kier molecular flexibility index (Phi) is 4.72. The van der Waals surface area contributed by atoms with Gasteiger partial charge in [-0.15, -0.1) is 0 Å². The lowest BCUT2D eigenvalue weighted by molar-refractivity contribution is 0.0589. The van der Waals surface area contributed by atoms with Crippen molar-refractivity contribution in [1.82, 2.24) is 4.90 Å². The maximum atomic E-state index is 12.7. The van der Waals surface area contributed by atoms with Crippen LogP contribution in [-0.2, 0) is 0 Å². The van der Waals surface area contributed by atoms with Gasteiger partial charge in [0.2, 0.25) is 0 Å². The van der Waals surface area contributed by atoms with Gasteiger partial charge in [0.05, 0.1) is 16.7 Å². The number of carbonyl (C=O) groups is 1. The van der Waals surface area contributed by atoms with Gasteiger partial charge in [0.1, 0.15) is 5.54 Å². The van der Waals surface area contributed by atoms with Crippen molar-refractivity contribution < 1.29 is 4.79 Å². The quantitative estimate of drug-likeness (QED) is 0.789. The molecule has 20 heavy (non-hydrogen) atoms. The van der Waals surface area contributed by atoms with Crippen molar-refractivity contribution in [3.8, 4) is 6.07 Å². The van der Waals surface area contributed by atoms with E-state index in [9.17, 15) is 10.1 Å². The number of hydrogen-bond donors (Lipinski definition) is 0. The minimum absolute atomic E-state index is 0.195. The van der Waals surface area contributed by atoms with Gasteiger partial charge < -0.3 is 4.90 Å². The molecular formula is C15H16BrClN2O. The summed E-state index contributed by atoms with van der Waals surface area (Å²) in [4.78, 5) is 14.2. The number of amides is 1. The minimum Gasteiger partial charge on any atom is -0.323 e. The van der Waals surface area contributed by atoms with E-state index in [2.05, 4.69) is 22.0 Å². The van der Waals surface area contributed by atoms with Crippen molar-refractivity contribution in [3.63, 3.8) is 0 Å². The predicted molar refractivity (Wildman–Crippen MR) is 82.7 cm³/mol. The smallest absolute Gasteiger partial charge is 0.256 e. The zero-order valence-corrected chi connectivity index (χ0v) is 13.7. The fourth-order valence-corrected chi connectivity index (χ4v) is 3.25. The summed E-state index contributed by atoms with van der Waals surface area (Å²) in [6.07, 6.45) is 4.56. The molecule has 1 aromatic rings. The van der Waals surface area contributed by atoms with Crippen molar-refractivity contribution in [2.75, 3.05) is 7.05 Å². The third-order valence-electron chi connectivity index (χ3n) is 3.99. The van der Waals surface area contributed by atoms with Gasteiger partial charge in [-0.25, -0.2) is 0 Å². The first kappa shape index (κ1) is 15.3. The average Bonchev–Trinajstić information content (AvgIpc) is 2.49. The largest absolute Gasteiger partial charge is 0.323 e. The molecule has 5 heteroatoms. The van der Waals surface area contributed by atoms with E-state index in [1.807, 2.05) is 0 Å². The Hall–Kier alpha value is -1.05. The Labute approximate surface area is 132 Å². The second-order valence-corrected chi connectivity index (χ2v) is 6.52. The molecule has 0 aromatic heterocycles. The maximum absolute atomic E-state index is 12.7. The zero-order valence-electron chi connectivity index (χ0n) is 11.3. The number of nitriles is 1. The summed E-state index contributed by atoms with van der Waals surface area (Å²) in [6, 6.07) is 7.53. The molecule has 0 unspecified atom stereocenters. The monoisotopic (exact) mass is 354 g/mol. The second-order valence-electron chi connectivity index (χ2n) is 5.19. The highest BCUT2D eigenvalue weighted by molar-refractivity contribution is 9.10. The lowest BCUT2D eigenvalue weighted by Crippen LogP contribution is -2.49. The van der Waals surface area contributed by atoms with E-state index in [1.54, 1.807) is 30.1 Å². The fourth-order valence-electron chi connectivity index (χ4n) is 2.70. The molecule has 0 atom stereocenters. The van der Waals surface area contributed by atoms with Crippen LogP contribution < -0.4 is 0 Å². The number of benzene rings is 1. The van der Waals surface area contributed by atoms with E-state index in [-0.39, 0.29) is 5.91 Å². The molecule has 0 spiro atoms. The summed E-state index contributed by atoms with van der Waals surface area (Å²) < 4.78 is 0.799. The van der Waals surface area contributed by atoms with Crippen LogP contribution in [0.1, 0.15) is 42.5 Å². The Morgan fingerprint density at radius 2 is 2.05 bits per heavy atom. The van der Waals surface area contributed by atoms with E-state index in [0.717, 1.165) is 36.6 Å². The first-order chi connectivity index (χ1) is 9.50. The average molecular weight is 356 g/mol. The van der Waals surface area contributed by atoms with Crippen molar-refractivity contribution >= 4 is 33.4 Å². The van der Waals surface area contributed by atoms with Crippen molar-refractivity contribution in [2.45, 2.75) is 37.6 Å². The number of nitrogens with zero attached hydrogens (tertiary/aromatic N) is 2. The molecule has 0 bridgehead atoms. The van der Waals surface area contributed by atoms with Gasteiger partial charge >= 0.3 is 0 Å². The van der Waals surface area contributed by atoms with Crippen LogP contribution in [0.4, 0.5) is 0 Å². The van der Waals surface area contributed by atoms with E-state index < -0.39 is 5.54 Å². The third-order valence-corrected chi connectivity index (χ3v) is 4.82. The molecule has 0 heterocycles. The first-order valence-corrected chi connectivity index (χ1v) is 7.82. The molecule has 1 amide bonds. The van der Waals surface area contributed by atoms with Gasteiger partial charge in [-0.2, -0.15) is 5.26 Å². The van der Waals surface area contributed by atoms with Gasteiger partial charge in [-0.1, -0.05) is 46.8 Å². The molecule has 0 N–H and O–H groups in total. The normalized spacial score (nSPS) is 17.3. The summed E-state index contributed by atoms with van der Waals surface area (Å²) in [6.45, 7) is 0. The van der Waals surface area contributed by atoms with Crippen LogP contribution in [0.3, 0.4) is 0 Å². The molecule has 1 aliphatic rings. The van der Waals surface area contributed by atoms with Gasteiger partial charge in [0, 0.05) is 11.5 Å². The second kappa shape index (κ2) is 6.15. The Morgan fingerprint density at radius 3 is 2.65 bits per heavy atom. The highest BCUT2D eigenvalue weighted by Gasteiger charge is 2.39. The molecule has 1 saturated carbocycles. The van der Waals surface area contributed by atoms with Gasteiger partial charge in [0.15, 0.2) is 0 Å². The van der Waals surface area contributed by atoms with E-state index in [4.69, 9.17) is 11.6 Å². The van der Waals surface area contributed by atoms with Crippen molar-refractivity contribution in [1.29, 1.82) is 5.26 Å². The van der Waals surface area contributed by atoms with E-state index >= 15 is 0 Å². The van der Waals surface area contributed by atoms with Gasteiger partial charge in [-0.05, 0) is 31.0 Å². The highest BCUT2D eigenvalue weighted by Crippen LogP contribution is 2.34. The molecule has 2 rings (SSSR count). The molecule has 0 radical (unpaired) electrons. The summed E-state index contributed by atoms with van der Waals surface area (Å²) in [5.74, 6) is -0.195. The number of halogens is 2. The fraction of sp³-hybridized carbons (Fsp3) is 0.467. The summed E-state index contributed by atoms with van der Waals surface area (Å²) in [7, 11) is 1.70. The van der Waals surface area contributed by atoms with Gasteiger partial charge in [0.25, 0.3) is 5.91 Å². The lowest BCUT2D eigenvalue weighted by Gasteiger charge is -2.39. The molecule has 1 aliphatic carbocycles. The van der Waals surface area contributed by atoms with Crippen LogP contribution >= 0.6 is 27.5 Å². The third kappa shape index (κ3) is 2.84. The minimum atomic E-state index is -0.693. The Morgan fingerprint density at radius 1 is 1.40 bits per heavy atom. The standard InChI is InChI=1S/C15H16BrClN2O/c1-19(15(10-18)7-3-2-4-8-15)14(20)12-9-11(16)5-6-13(12)17/h5-6,9H,2-4,7-8H2,1H3. The van der Waals surface area contributed by atoms with Gasteiger partial charge in [-0.3, -0.25) is 4.79 Å². The molecular weight excluding hydrogens is 340 g/mol. The van der Waals surface area contributed by atoms with Crippen LogP contribution in [0, 0.1) is 11.3 Å². The zero-order chi connectivity index (χ0) is 14.8. The number of hydrogen-bond acceptors (Lipinski definition) is 2. The molecule has 1 fully saturated rings. The maximum Gasteiger partial charge on any atom is 0.256 e. The van der Waals surface area contributed by atoms with E-state index in [0.29, 0.717) is 10.6 Å². The number of carbonyl (C=O) groups excluding carboxylic acids is 1. The first-order valence-electron chi connectivity index (χ1n) is 6.65. The molecule has 106 valence electrons. The van der Waals surface area contributed by atoms with Crippen LogP contribution in [0.25, 0.3) is 0 Å². The highest BCUT2D eigenvalue weighted by atomic mass is 79.9. The molecule has 3 nitrogen and oxygen atoms in total. The summed E-state index contributed by atoms with van der Waals surface area (Å²) in [5.41, 5.74) is -0.259. The van der Waals surface area contributed by atoms with Crippen LogP contribution in [0.5, 0.6) is 0 Å². The molecule has 1 aromatic carbocycles. The van der Waals surface area contributed by atoms with Crippen molar-refractivity contribution in [2.24, 2.45) is 0 Å². The SMILES string of the molecule is CN(C(=O)c1cc(Br)ccc1Cl)C1(C#N)CCCCC1. The predicted octanol–water partition coefficient (Wildman–Crippen LogP) is 4.40. The van der Waals surface area contributed by atoms with E-state index in [1.165, 1.54) is 0 Å². The molecule has 0 saturated heterocycles. The van der Waals surface area contributed by atoms with Crippen molar-refractivity contribution in [3.05, 3.63) is 33.3 Å². The summed E-state index contributed by atoms with van der Waals surface area (Å²) >= 11 is 9.46. The Balaban J connectivity index is 2.32. The van der Waals surface area contributed by atoms with Crippen LogP contribution in [0.2, 0.25) is 5.02 Å². The Bertz CT molecular complexity index is 561. The van der Waals surface area contributed by atoms with Crippen LogP contribution in [0.15, 0.2) is 22.7 Å². The lowest BCUT2D eigenvalue weighted by atomic mass is 9.81. The number of rotatable bonds is 2. The summed E-state index contributed by atoms with van der Waals surface area (Å²) in [5, 5.41) is 9.96. The molecule has 0 aliphatic heterocycles.